The van der Waals surface area contributed by atoms with Crippen LogP contribution >= 0.6 is 24.0 Å². The van der Waals surface area contributed by atoms with E-state index in [1.54, 1.807) is 12.1 Å². The Labute approximate surface area is 124 Å². The molecule has 0 radical (unpaired) electrons. The fourth-order valence-electron chi connectivity index (χ4n) is 1.74. The summed E-state index contributed by atoms with van der Waals surface area (Å²) in [6.07, 6.45) is 2.89. The first-order valence-corrected chi connectivity index (χ1v) is 7.58. The van der Waals surface area contributed by atoms with Crippen molar-refractivity contribution in [2.45, 2.75) is 11.3 Å². The maximum absolute atomic E-state index is 12.0. The second kappa shape index (κ2) is 7.26. The third kappa shape index (κ3) is 4.78. The largest absolute Gasteiger partial charge is 0.313 e. The third-order valence-corrected chi connectivity index (χ3v) is 4.39. The van der Waals surface area contributed by atoms with Crippen LogP contribution in [0.1, 0.15) is 6.42 Å². The van der Waals surface area contributed by atoms with Crippen LogP contribution in [0.15, 0.2) is 40.8 Å². The van der Waals surface area contributed by atoms with Crippen LogP contribution in [0.3, 0.4) is 0 Å². The van der Waals surface area contributed by atoms with Gasteiger partial charge in [-0.3, -0.25) is 0 Å². The fourth-order valence-corrected chi connectivity index (χ4v) is 3.07. The molecule has 19 heavy (non-hydrogen) atoms. The van der Waals surface area contributed by atoms with Gasteiger partial charge in [-0.05, 0) is 31.2 Å². The maximum Gasteiger partial charge on any atom is 0.240 e. The van der Waals surface area contributed by atoms with E-state index in [4.69, 9.17) is 11.6 Å². The molecule has 0 fully saturated rings. The summed E-state index contributed by atoms with van der Waals surface area (Å²) < 4.78 is 26.6. The molecule has 1 aromatic rings. The Balaban J connectivity index is 0.00000180. The first-order valence-electron chi connectivity index (χ1n) is 5.72. The van der Waals surface area contributed by atoms with Gasteiger partial charge >= 0.3 is 0 Å². The Morgan fingerprint density at radius 1 is 1.37 bits per heavy atom. The summed E-state index contributed by atoms with van der Waals surface area (Å²) in [7, 11) is -3.48. The number of hydrogen-bond acceptors (Lipinski definition) is 3. The van der Waals surface area contributed by atoms with E-state index in [0.717, 1.165) is 25.1 Å². The highest BCUT2D eigenvalue weighted by Gasteiger charge is 2.14. The van der Waals surface area contributed by atoms with Crippen LogP contribution in [0, 0.1) is 0 Å². The van der Waals surface area contributed by atoms with Gasteiger partial charge in [-0.15, -0.1) is 12.4 Å². The molecule has 0 unspecified atom stereocenters. The topological polar surface area (TPSA) is 58.2 Å². The van der Waals surface area contributed by atoms with Crippen molar-refractivity contribution >= 4 is 34.0 Å². The second-order valence-electron chi connectivity index (χ2n) is 4.10. The highest BCUT2D eigenvalue weighted by molar-refractivity contribution is 7.89. The van der Waals surface area contributed by atoms with Crippen molar-refractivity contribution in [3.8, 4) is 0 Å². The second-order valence-corrected chi connectivity index (χ2v) is 6.30. The van der Waals surface area contributed by atoms with Gasteiger partial charge < -0.3 is 5.32 Å². The number of rotatable bonds is 4. The van der Waals surface area contributed by atoms with E-state index in [0.29, 0.717) is 11.6 Å². The highest BCUT2D eigenvalue weighted by atomic mass is 35.5. The Kier molecular flexibility index (Phi) is 6.29. The van der Waals surface area contributed by atoms with Crippen molar-refractivity contribution in [2.24, 2.45) is 0 Å². The zero-order valence-corrected chi connectivity index (χ0v) is 12.6. The Morgan fingerprint density at radius 2 is 2.16 bits per heavy atom. The molecular weight excluding hydrogens is 307 g/mol. The predicted octanol–water partition coefficient (Wildman–Crippen LogP) is 1.96. The van der Waals surface area contributed by atoms with Gasteiger partial charge in [-0.1, -0.05) is 29.3 Å². The maximum atomic E-state index is 12.0. The molecule has 1 aliphatic rings. The quantitative estimate of drug-likeness (QED) is 0.833. The minimum atomic E-state index is -3.48. The van der Waals surface area contributed by atoms with Crippen molar-refractivity contribution in [1.29, 1.82) is 0 Å². The number of nitrogens with one attached hydrogen (secondary N) is 2. The first-order chi connectivity index (χ1) is 8.58. The molecule has 1 aliphatic heterocycles. The van der Waals surface area contributed by atoms with Gasteiger partial charge in [0.25, 0.3) is 0 Å². The van der Waals surface area contributed by atoms with E-state index < -0.39 is 10.0 Å². The summed E-state index contributed by atoms with van der Waals surface area (Å²) >= 11 is 5.79. The molecule has 0 aromatic heterocycles. The lowest BCUT2D eigenvalue weighted by atomic mass is 10.1. The van der Waals surface area contributed by atoms with Crippen molar-refractivity contribution in [3.63, 3.8) is 0 Å². The smallest absolute Gasteiger partial charge is 0.240 e. The van der Waals surface area contributed by atoms with Gasteiger partial charge in [0.05, 0.1) is 4.90 Å². The summed E-state index contributed by atoms with van der Waals surface area (Å²) in [5, 5.41) is 3.60. The van der Waals surface area contributed by atoms with Crippen LogP contribution in [0.2, 0.25) is 5.02 Å². The van der Waals surface area contributed by atoms with Gasteiger partial charge in [-0.25, -0.2) is 13.1 Å². The predicted molar refractivity (Wildman–Crippen MR) is 79.5 cm³/mol. The Morgan fingerprint density at radius 3 is 2.79 bits per heavy atom. The van der Waals surface area contributed by atoms with E-state index in [9.17, 15) is 8.42 Å². The Bertz CT molecular complexity index is 559. The molecule has 1 heterocycles. The summed E-state index contributed by atoms with van der Waals surface area (Å²) in [5.74, 6) is 0. The molecule has 0 amide bonds. The number of halogens is 2. The summed E-state index contributed by atoms with van der Waals surface area (Å²) in [6.45, 7) is 2.05. The molecule has 0 spiro atoms. The van der Waals surface area contributed by atoms with Crippen molar-refractivity contribution in [2.75, 3.05) is 19.6 Å². The SMILES string of the molecule is Cl.O=S(=O)(NCC1=CCNCC1)c1cccc(Cl)c1. The molecule has 0 bridgehead atoms. The van der Waals surface area contributed by atoms with Crippen molar-refractivity contribution in [1.82, 2.24) is 10.0 Å². The van der Waals surface area contributed by atoms with Gasteiger partial charge in [-0.2, -0.15) is 0 Å². The molecule has 7 heteroatoms. The average Bonchev–Trinajstić information content (AvgIpc) is 2.38. The zero-order chi connectivity index (χ0) is 13.0. The Hall–Kier alpha value is -0.590. The third-order valence-electron chi connectivity index (χ3n) is 2.75. The van der Waals surface area contributed by atoms with Crippen LogP contribution in [0.25, 0.3) is 0 Å². The van der Waals surface area contributed by atoms with Crippen molar-refractivity contribution in [3.05, 3.63) is 40.9 Å². The van der Waals surface area contributed by atoms with Gasteiger partial charge in [0.2, 0.25) is 10.0 Å². The van der Waals surface area contributed by atoms with E-state index in [1.807, 2.05) is 6.08 Å². The summed E-state index contributed by atoms with van der Waals surface area (Å²) in [6, 6.07) is 6.25. The normalized spacial score (nSPS) is 15.5. The number of sulfonamides is 1. The zero-order valence-electron chi connectivity index (χ0n) is 10.2. The van der Waals surface area contributed by atoms with E-state index >= 15 is 0 Å². The summed E-state index contributed by atoms with van der Waals surface area (Å²) in [4.78, 5) is 0.199. The lowest BCUT2D eigenvalue weighted by molar-refractivity contribution is 0.582. The van der Waals surface area contributed by atoms with Crippen LogP contribution in [-0.2, 0) is 10.0 Å². The molecule has 2 rings (SSSR count). The van der Waals surface area contributed by atoms with Crippen LogP contribution < -0.4 is 10.0 Å². The van der Waals surface area contributed by atoms with E-state index in [1.165, 1.54) is 12.1 Å². The van der Waals surface area contributed by atoms with Gasteiger partial charge in [0, 0.05) is 18.1 Å². The molecule has 0 saturated heterocycles. The molecule has 4 nitrogen and oxygen atoms in total. The lowest BCUT2D eigenvalue weighted by Crippen LogP contribution is -2.29. The van der Waals surface area contributed by atoms with E-state index in [-0.39, 0.29) is 17.3 Å². The molecule has 0 atom stereocenters. The van der Waals surface area contributed by atoms with Gasteiger partial charge in [0.1, 0.15) is 0 Å². The van der Waals surface area contributed by atoms with Gasteiger partial charge in [0.15, 0.2) is 0 Å². The van der Waals surface area contributed by atoms with Crippen LogP contribution in [-0.4, -0.2) is 28.1 Å². The molecule has 1 aromatic carbocycles. The molecule has 2 N–H and O–H groups in total. The molecule has 0 aliphatic carbocycles. The lowest BCUT2D eigenvalue weighted by Gasteiger charge is -2.14. The first kappa shape index (κ1) is 16.5. The van der Waals surface area contributed by atoms with Crippen LogP contribution in [0.4, 0.5) is 0 Å². The highest BCUT2D eigenvalue weighted by Crippen LogP contribution is 2.15. The van der Waals surface area contributed by atoms with E-state index in [2.05, 4.69) is 10.0 Å². The van der Waals surface area contributed by atoms with Crippen molar-refractivity contribution < 1.29 is 8.42 Å². The molecular formula is C12H16Cl2N2O2S. The standard InChI is InChI=1S/C12H15ClN2O2S.ClH/c13-11-2-1-3-12(8-11)18(16,17)15-9-10-4-6-14-7-5-10;/h1-4,8,14-15H,5-7,9H2;1H. The monoisotopic (exact) mass is 322 g/mol. The fraction of sp³-hybridized carbons (Fsp3) is 0.333. The number of hydrogen-bond donors (Lipinski definition) is 2. The molecule has 106 valence electrons. The average molecular weight is 323 g/mol. The minimum Gasteiger partial charge on any atom is -0.313 e. The minimum absolute atomic E-state index is 0. The number of benzene rings is 1. The van der Waals surface area contributed by atoms with Crippen LogP contribution in [0.5, 0.6) is 0 Å². The summed E-state index contributed by atoms with van der Waals surface area (Å²) in [5.41, 5.74) is 1.11. The molecule has 0 saturated carbocycles.